The van der Waals surface area contributed by atoms with Gasteiger partial charge in [0.05, 0.1) is 27.8 Å². The van der Waals surface area contributed by atoms with Crippen molar-refractivity contribution in [2.24, 2.45) is 0 Å². The maximum Gasteiger partial charge on any atom is 0.164 e. The fourth-order valence-electron chi connectivity index (χ4n) is 9.58. The normalized spacial score (nSPS) is 11.8. The molecule has 0 unspecified atom stereocenters. The monoisotopic (exact) mass is 805 g/mol. The summed E-state index contributed by atoms with van der Waals surface area (Å²) in [5.74, 6) is 1.82. The molecule has 13 aromatic rings. The van der Waals surface area contributed by atoms with Crippen LogP contribution in [0.3, 0.4) is 0 Å². The molecular formula is C57H35N5O. The first-order valence-electron chi connectivity index (χ1n) is 21.2. The van der Waals surface area contributed by atoms with Crippen molar-refractivity contribution in [3.8, 4) is 56.7 Å². The van der Waals surface area contributed by atoms with E-state index in [1.807, 2.05) is 72.8 Å². The summed E-state index contributed by atoms with van der Waals surface area (Å²) in [6, 6.07) is 74.4. The zero-order chi connectivity index (χ0) is 41.4. The van der Waals surface area contributed by atoms with Crippen LogP contribution in [0.15, 0.2) is 217 Å². The molecule has 6 heteroatoms. The van der Waals surface area contributed by atoms with E-state index in [0.717, 1.165) is 82.8 Å². The van der Waals surface area contributed by atoms with Gasteiger partial charge in [-0.1, -0.05) is 170 Å². The van der Waals surface area contributed by atoms with Crippen LogP contribution >= 0.6 is 0 Å². The van der Waals surface area contributed by atoms with Crippen LogP contribution in [0.2, 0.25) is 0 Å². The SMILES string of the molecule is c1ccc(-c2ccc3c4ccccc4n(-c4cccc5c6ccc7c(oc8cccc(-c9nc(-c%10ccccc%10)nc(-c%10ccccc%10)n9)c87)c6n(-c6ccccc6)c45)c3c2)cc1. The number of rotatable bonds is 6. The summed E-state index contributed by atoms with van der Waals surface area (Å²) >= 11 is 0. The molecule has 0 aliphatic carbocycles. The average molecular weight is 806 g/mol. The van der Waals surface area contributed by atoms with Gasteiger partial charge in [-0.25, -0.2) is 15.0 Å². The lowest BCUT2D eigenvalue weighted by molar-refractivity contribution is 0.671. The van der Waals surface area contributed by atoms with Gasteiger partial charge in [-0.2, -0.15) is 0 Å². The summed E-state index contributed by atoms with van der Waals surface area (Å²) in [5.41, 5.74) is 13.2. The zero-order valence-electron chi connectivity index (χ0n) is 33.9. The zero-order valence-corrected chi connectivity index (χ0v) is 33.9. The highest BCUT2D eigenvalue weighted by atomic mass is 16.3. The molecule has 0 aliphatic heterocycles. The Balaban J connectivity index is 1.11. The highest BCUT2D eigenvalue weighted by Gasteiger charge is 2.25. The number of fused-ring (bicyclic) bond motifs is 10. The second-order valence-electron chi connectivity index (χ2n) is 16.0. The molecule has 0 radical (unpaired) electrons. The molecule has 4 heterocycles. The minimum Gasteiger partial charge on any atom is -0.454 e. The van der Waals surface area contributed by atoms with Crippen molar-refractivity contribution in [2.75, 3.05) is 0 Å². The number of aromatic nitrogens is 5. The lowest BCUT2D eigenvalue weighted by atomic mass is 10.0. The van der Waals surface area contributed by atoms with Crippen molar-refractivity contribution >= 4 is 65.6 Å². The van der Waals surface area contributed by atoms with Gasteiger partial charge < -0.3 is 13.6 Å². The highest BCUT2D eigenvalue weighted by molar-refractivity contribution is 6.24. The van der Waals surface area contributed by atoms with E-state index in [-0.39, 0.29) is 0 Å². The molecule has 0 saturated carbocycles. The topological polar surface area (TPSA) is 61.7 Å². The van der Waals surface area contributed by atoms with Crippen LogP contribution < -0.4 is 0 Å². The maximum absolute atomic E-state index is 7.09. The number of nitrogens with zero attached hydrogens (tertiary/aromatic N) is 5. The first-order valence-corrected chi connectivity index (χ1v) is 21.2. The number of furan rings is 1. The third-order valence-corrected chi connectivity index (χ3v) is 12.4. The van der Waals surface area contributed by atoms with Gasteiger partial charge >= 0.3 is 0 Å². The molecule has 6 nitrogen and oxygen atoms in total. The number of para-hydroxylation sites is 3. The first-order chi connectivity index (χ1) is 31.3. The van der Waals surface area contributed by atoms with Crippen LogP contribution in [-0.4, -0.2) is 24.1 Å². The molecule has 4 aromatic heterocycles. The Kier molecular flexibility index (Phi) is 7.80. The summed E-state index contributed by atoms with van der Waals surface area (Å²) in [6.07, 6.45) is 0. The van der Waals surface area contributed by atoms with E-state index in [4.69, 9.17) is 19.4 Å². The lowest BCUT2D eigenvalue weighted by Gasteiger charge is -2.14. The van der Waals surface area contributed by atoms with Crippen molar-refractivity contribution in [3.63, 3.8) is 0 Å². The Hall–Kier alpha value is -8.61. The molecule has 13 rings (SSSR count). The van der Waals surface area contributed by atoms with Crippen LogP contribution in [-0.2, 0) is 0 Å². The third kappa shape index (κ3) is 5.48. The van der Waals surface area contributed by atoms with Crippen molar-refractivity contribution in [3.05, 3.63) is 212 Å². The average Bonchev–Trinajstić information content (AvgIpc) is 4.03. The quantitative estimate of drug-likeness (QED) is 0.168. The predicted molar refractivity (Wildman–Crippen MR) is 258 cm³/mol. The smallest absolute Gasteiger partial charge is 0.164 e. The summed E-state index contributed by atoms with van der Waals surface area (Å²) in [6.45, 7) is 0. The molecule has 0 amide bonds. The van der Waals surface area contributed by atoms with E-state index in [9.17, 15) is 0 Å². The van der Waals surface area contributed by atoms with Gasteiger partial charge in [0.25, 0.3) is 0 Å². The Bertz CT molecular complexity index is 3830. The molecule has 0 spiro atoms. The second-order valence-corrected chi connectivity index (χ2v) is 16.0. The summed E-state index contributed by atoms with van der Waals surface area (Å²) in [7, 11) is 0. The molecule has 0 saturated heterocycles. The molecular weight excluding hydrogens is 771 g/mol. The second kappa shape index (κ2) is 14.0. The fraction of sp³-hybridized carbons (Fsp3) is 0. The van der Waals surface area contributed by atoms with Crippen molar-refractivity contribution in [2.45, 2.75) is 0 Å². The van der Waals surface area contributed by atoms with E-state index in [1.165, 1.54) is 21.9 Å². The number of benzene rings is 9. The van der Waals surface area contributed by atoms with Crippen LogP contribution in [0.4, 0.5) is 0 Å². The van der Waals surface area contributed by atoms with Gasteiger partial charge in [0, 0.05) is 54.7 Å². The maximum atomic E-state index is 7.09. The molecule has 9 aromatic carbocycles. The highest BCUT2D eigenvalue weighted by Crippen LogP contribution is 2.45. The van der Waals surface area contributed by atoms with Gasteiger partial charge in [0.2, 0.25) is 0 Å². The number of hydrogen-bond acceptors (Lipinski definition) is 4. The van der Waals surface area contributed by atoms with Crippen molar-refractivity contribution in [1.29, 1.82) is 0 Å². The van der Waals surface area contributed by atoms with E-state index in [1.54, 1.807) is 0 Å². The van der Waals surface area contributed by atoms with Crippen LogP contribution in [0.1, 0.15) is 0 Å². The predicted octanol–water partition coefficient (Wildman–Crippen LogP) is 14.6. The van der Waals surface area contributed by atoms with Gasteiger partial charge in [-0.15, -0.1) is 0 Å². The summed E-state index contributed by atoms with van der Waals surface area (Å²) in [5, 5.41) is 6.61. The molecule has 0 aliphatic rings. The van der Waals surface area contributed by atoms with E-state index in [2.05, 4.69) is 149 Å². The van der Waals surface area contributed by atoms with Crippen LogP contribution in [0.25, 0.3) is 122 Å². The van der Waals surface area contributed by atoms with Gasteiger partial charge in [0.15, 0.2) is 23.1 Å². The molecule has 63 heavy (non-hydrogen) atoms. The minimum absolute atomic E-state index is 0.586. The lowest BCUT2D eigenvalue weighted by Crippen LogP contribution is -2.00. The molecule has 0 bridgehead atoms. The van der Waals surface area contributed by atoms with Crippen LogP contribution in [0.5, 0.6) is 0 Å². The summed E-state index contributed by atoms with van der Waals surface area (Å²) < 4.78 is 11.9. The van der Waals surface area contributed by atoms with Gasteiger partial charge in [0.1, 0.15) is 5.58 Å². The van der Waals surface area contributed by atoms with E-state index < -0.39 is 0 Å². The summed E-state index contributed by atoms with van der Waals surface area (Å²) in [4.78, 5) is 15.3. The largest absolute Gasteiger partial charge is 0.454 e. The Morgan fingerprint density at radius 3 is 1.63 bits per heavy atom. The molecule has 0 atom stereocenters. The standard InChI is InChI=1S/C57H35N5O/c1-5-17-36(18-6-1)39-31-32-42-41-25-13-14-28-47(41)62(49(42)35-39)48-29-15-26-43-44-33-34-45-51-46(27-16-30-50(51)63-54(45)53(44)61(52(43)48)40-23-11-4-12-24-40)57-59-55(37-19-7-2-8-20-37)58-56(60-57)38-21-9-3-10-22-38/h1-35H. The van der Waals surface area contributed by atoms with Gasteiger partial charge in [-0.3, -0.25) is 0 Å². The minimum atomic E-state index is 0.586. The third-order valence-electron chi connectivity index (χ3n) is 12.4. The Labute approximate surface area is 361 Å². The Morgan fingerprint density at radius 2 is 0.905 bits per heavy atom. The molecule has 0 fully saturated rings. The first kappa shape index (κ1) is 35.2. The molecule has 294 valence electrons. The van der Waals surface area contributed by atoms with Crippen LogP contribution in [0, 0.1) is 0 Å². The Morgan fingerprint density at radius 1 is 0.349 bits per heavy atom. The molecule has 0 N–H and O–H groups in total. The van der Waals surface area contributed by atoms with Crippen molar-refractivity contribution in [1.82, 2.24) is 24.1 Å². The van der Waals surface area contributed by atoms with E-state index >= 15 is 0 Å². The van der Waals surface area contributed by atoms with E-state index in [0.29, 0.717) is 17.5 Å². The van der Waals surface area contributed by atoms with Crippen molar-refractivity contribution < 1.29 is 4.42 Å². The fourth-order valence-corrected chi connectivity index (χ4v) is 9.58. The van der Waals surface area contributed by atoms with Gasteiger partial charge in [-0.05, 0) is 53.6 Å². The number of hydrogen-bond donors (Lipinski definition) is 0.